The number of hydrogen-bond acceptors (Lipinski definition) is 4. The number of thioether (sulfide) groups is 1. The Kier molecular flexibility index (Phi) is 8.15. The van der Waals surface area contributed by atoms with Gasteiger partial charge in [-0.25, -0.2) is 0 Å². The van der Waals surface area contributed by atoms with Crippen molar-refractivity contribution < 1.29 is 0 Å². The monoisotopic (exact) mass is 228 g/mol. The minimum absolute atomic E-state index is 0.585. The van der Waals surface area contributed by atoms with Crippen LogP contribution in [0.2, 0.25) is 0 Å². The maximum absolute atomic E-state index is 8.44. The lowest BCUT2D eigenvalue weighted by atomic mass is 10.2. The van der Waals surface area contributed by atoms with Crippen molar-refractivity contribution in [2.24, 2.45) is 4.99 Å². The lowest BCUT2D eigenvalue weighted by Crippen LogP contribution is -2.31. The summed E-state index contributed by atoms with van der Waals surface area (Å²) < 4.78 is 0. The summed E-state index contributed by atoms with van der Waals surface area (Å²) in [6.07, 6.45) is 4.92. The first-order valence-corrected chi connectivity index (χ1v) is 6.31. The van der Waals surface area contributed by atoms with Crippen molar-refractivity contribution in [3.63, 3.8) is 0 Å². The van der Waals surface area contributed by atoms with E-state index in [0.717, 1.165) is 19.5 Å². The fourth-order valence-corrected chi connectivity index (χ4v) is 1.41. The van der Waals surface area contributed by atoms with Crippen molar-refractivity contribution in [1.82, 2.24) is 10.2 Å². The summed E-state index contributed by atoms with van der Waals surface area (Å²) >= 11 is 1.46. The largest absolute Gasteiger partial charge is 0.302 e. The van der Waals surface area contributed by atoms with Gasteiger partial charge in [0.1, 0.15) is 0 Å². The number of rotatable bonds is 5. The van der Waals surface area contributed by atoms with Gasteiger partial charge in [0.25, 0.3) is 0 Å². The summed E-state index contributed by atoms with van der Waals surface area (Å²) in [6.45, 7) is 6.03. The van der Waals surface area contributed by atoms with Crippen molar-refractivity contribution in [2.45, 2.75) is 26.3 Å². The zero-order valence-corrected chi connectivity index (χ0v) is 10.8. The SMILES string of the molecule is CCC(C)N(C)CCN=C(NC#N)SC. The van der Waals surface area contributed by atoms with Crippen LogP contribution < -0.4 is 5.32 Å². The smallest absolute Gasteiger partial charge is 0.183 e. The highest BCUT2D eigenvalue weighted by atomic mass is 32.2. The molecule has 0 spiro atoms. The molecule has 0 aliphatic carbocycles. The Labute approximate surface area is 96.7 Å². The number of aliphatic imine (C=N–C) groups is 1. The Hall–Kier alpha value is -0.730. The average molecular weight is 228 g/mol. The molecule has 15 heavy (non-hydrogen) atoms. The van der Waals surface area contributed by atoms with E-state index < -0.39 is 0 Å². The van der Waals surface area contributed by atoms with Crippen molar-refractivity contribution in [2.75, 3.05) is 26.4 Å². The molecule has 0 fully saturated rings. The molecule has 0 radical (unpaired) electrons. The van der Waals surface area contributed by atoms with Gasteiger partial charge in [-0.15, -0.1) is 0 Å². The molecule has 0 amide bonds. The molecule has 1 atom stereocenters. The number of nitriles is 1. The molecular formula is C10H20N4S. The van der Waals surface area contributed by atoms with E-state index in [4.69, 9.17) is 5.26 Å². The predicted molar refractivity (Wildman–Crippen MR) is 66.9 cm³/mol. The van der Waals surface area contributed by atoms with Gasteiger partial charge in [-0.2, -0.15) is 5.26 Å². The Balaban J connectivity index is 3.90. The molecule has 1 unspecified atom stereocenters. The number of hydrogen-bond donors (Lipinski definition) is 1. The Bertz CT molecular complexity index is 234. The number of nitrogens with one attached hydrogen (secondary N) is 1. The molecule has 0 aliphatic rings. The maximum atomic E-state index is 8.44. The highest BCUT2D eigenvalue weighted by Gasteiger charge is 2.05. The molecule has 0 rings (SSSR count). The van der Waals surface area contributed by atoms with E-state index >= 15 is 0 Å². The van der Waals surface area contributed by atoms with Gasteiger partial charge in [-0.3, -0.25) is 10.3 Å². The third-order valence-electron chi connectivity index (χ3n) is 2.41. The van der Waals surface area contributed by atoms with Gasteiger partial charge in [0.15, 0.2) is 11.4 Å². The Morgan fingerprint density at radius 2 is 2.33 bits per heavy atom. The van der Waals surface area contributed by atoms with E-state index in [-0.39, 0.29) is 0 Å². The van der Waals surface area contributed by atoms with Crippen LogP contribution in [0.25, 0.3) is 0 Å². The Morgan fingerprint density at radius 3 is 2.80 bits per heavy atom. The standard InChI is InChI=1S/C10H20N4S/c1-5-9(2)14(3)7-6-12-10(15-4)13-8-11/h9H,5-7H2,1-4H3,(H,12,13). The van der Waals surface area contributed by atoms with Gasteiger partial charge < -0.3 is 4.90 Å². The predicted octanol–water partition coefficient (Wildman–Crippen LogP) is 1.51. The third-order valence-corrected chi connectivity index (χ3v) is 3.03. The van der Waals surface area contributed by atoms with E-state index in [2.05, 4.69) is 36.1 Å². The van der Waals surface area contributed by atoms with Gasteiger partial charge in [-0.1, -0.05) is 18.7 Å². The van der Waals surface area contributed by atoms with E-state index in [1.807, 2.05) is 12.4 Å². The van der Waals surface area contributed by atoms with Crippen LogP contribution in [0.5, 0.6) is 0 Å². The van der Waals surface area contributed by atoms with Crippen LogP contribution in [0.4, 0.5) is 0 Å². The fraction of sp³-hybridized carbons (Fsp3) is 0.800. The van der Waals surface area contributed by atoms with Gasteiger partial charge >= 0.3 is 0 Å². The van der Waals surface area contributed by atoms with Crippen LogP contribution in [0.1, 0.15) is 20.3 Å². The van der Waals surface area contributed by atoms with Crippen LogP contribution in [0.3, 0.4) is 0 Å². The van der Waals surface area contributed by atoms with Crippen LogP contribution in [-0.2, 0) is 0 Å². The van der Waals surface area contributed by atoms with E-state index in [1.54, 1.807) is 0 Å². The van der Waals surface area contributed by atoms with Crippen LogP contribution in [-0.4, -0.2) is 42.5 Å². The lowest BCUT2D eigenvalue weighted by Gasteiger charge is -2.22. The molecular weight excluding hydrogens is 208 g/mol. The summed E-state index contributed by atoms with van der Waals surface area (Å²) in [7, 11) is 2.10. The van der Waals surface area contributed by atoms with Gasteiger partial charge in [0.2, 0.25) is 0 Å². The molecule has 0 saturated carbocycles. The number of nitrogens with zero attached hydrogens (tertiary/aromatic N) is 3. The van der Waals surface area contributed by atoms with Crippen LogP contribution >= 0.6 is 11.8 Å². The molecule has 0 bridgehead atoms. The zero-order valence-electron chi connectivity index (χ0n) is 9.95. The molecule has 0 aromatic rings. The zero-order chi connectivity index (χ0) is 11.7. The molecule has 5 heteroatoms. The molecule has 86 valence electrons. The highest BCUT2D eigenvalue weighted by molar-refractivity contribution is 8.13. The minimum Gasteiger partial charge on any atom is -0.302 e. The van der Waals surface area contributed by atoms with Crippen molar-refractivity contribution in [1.29, 1.82) is 5.26 Å². The molecule has 0 saturated heterocycles. The second kappa shape index (κ2) is 8.57. The highest BCUT2D eigenvalue weighted by Crippen LogP contribution is 2.00. The molecule has 0 aliphatic heterocycles. The number of amidine groups is 1. The summed E-state index contributed by atoms with van der Waals surface area (Å²) in [5.41, 5.74) is 0. The van der Waals surface area contributed by atoms with Crippen LogP contribution in [0, 0.1) is 11.5 Å². The molecule has 4 nitrogen and oxygen atoms in total. The van der Waals surface area contributed by atoms with Gasteiger partial charge in [0.05, 0.1) is 6.54 Å². The molecule has 1 N–H and O–H groups in total. The first-order valence-electron chi connectivity index (χ1n) is 5.09. The summed E-state index contributed by atoms with van der Waals surface area (Å²) in [4.78, 5) is 6.56. The normalized spacial score (nSPS) is 13.7. The van der Waals surface area contributed by atoms with E-state index in [0.29, 0.717) is 11.2 Å². The Morgan fingerprint density at radius 1 is 1.67 bits per heavy atom. The molecule has 0 aromatic carbocycles. The van der Waals surface area contributed by atoms with Crippen molar-refractivity contribution in [3.05, 3.63) is 0 Å². The topological polar surface area (TPSA) is 51.4 Å². The number of likely N-dealkylation sites (N-methyl/N-ethyl adjacent to an activating group) is 1. The van der Waals surface area contributed by atoms with Crippen molar-refractivity contribution in [3.8, 4) is 6.19 Å². The quantitative estimate of drug-likeness (QED) is 0.335. The third kappa shape index (κ3) is 6.37. The lowest BCUT2D eigenvalue weighted by molar-refractivity contribution is 0.259. The van der Waals surface area contributed by atoms with Crippen molar-refractivity contribution >= 4 is 16.9 Å². The van der Waals surface area contributed by atoms with Crippen LogP contribution in [0.15, 0.2) is 4.99 Å². The first-order chi connectivity index (χ1) is 7.15. The summed E-state index contributed by atoms with van der Waals surface area (Å²) in [5, 5.41) is 11.7. The van der Waals surface area contributed by atoms with E-state index in [9.17, 15) is 0 Å². The molecule has 0 heterocycles. The van der Waals surface area contributed by atoms with E-state index in [1.165, 1.54) is 11.8 Å². The maximum Gasteiger partial charge on any atom is 0.183 e. The second-order valence-electron chi connectivity index (χ2n) is 3.37. The average Bonchev–Trinajstić information content (AvgIpc) is 2.26. The summed E-state index contributed by atoms with van der Waals surface area (Å²) in [6, 6.07) is 0.585. The second-order valence-corrected chi connectivity index (χ2v) is 4.16. The fourth-order valence-electron chi connectivity index (χ4n) is 1.04. The first kappa shape index (κ1) is 14.3. The van der Waals surface area contributed by atoms with Gasteiger partial charge in [0, 0.05) is 12.6 Å². The summed E-state index contributed by atoms with van der Waals surface area (Å²) in [5.74, 6) is 0. The minimum atomic E-state index is 0.585. The van der Waals surface area contributed by atoms with Gasteiger partial charge in [-0.05, 0) is 26.6 Å². The molecule has 0 aromatic heterocycles.